The van der Waals surface area contributed by atoms with Gasteiger partial charge in [-0.05, 0) is 43.9 Å². The molecule has 4 rings (SSSR count). The Morgan fingerprint density at radius 1 is 1.22 bits per heavy atom. The lowest BCUT2D eigenvalue weighted by molar-refractivity contribution is 0.0627. The van der Waals surface area contributed by atoms with Crippen LogP contribution in [0.25, 0.3) is 0 Å². The molecule has 1 aliphatic heterocycles. The molecular weight excluding hydrogens is 344 g/mol. The van der Waals surface area contributed by atoms with Gasteiger partial charge >= 0.3 is 0 Å². The highest BCUT2D eigenvalue weighted by Crippen LogP contribution is 2.24. The molecule has 2 heterocycles. The van der Waals surface area contributed by atoms with Gasteiger partial charge in [0.25, 0.3) is 11.8 Å². The molecule has 0 bridgehead atoms. The number of benzene rings is 1. The first-order valence-corrected chi connectivity index (χ1v) is 9.52. The number of ether oxygens (including phenoxy) is 1. The molecule has 2 amide bonds. The van der Waals surface area contributed by atoms with Crippen LogP contribution in [-0.4, -0.2) is 52.6 Å². The van der Waals surface area contributed by atoms with E-state index >= 15 is 0 Å². The van der Waals surface area contributed by atoms with Crippen LogP contribution in [0.2, 0.25) is 0 Å². The van der Waals surface area contributed by atoms with Crippen molar-refractivity contribution >= 4 is 11.8 Å². The van der Waals surface area contributed by atoms with Gasteiger partial charge in [-0.15, -0.1) is 0 Å². The van der Waals surface area contributed by atoms with Gasteiger partial charge in [0.1, 0.15) is 11.4 Å². The van der Waals surface area contributed by atoms with Crippen molar-refractivity contribution in [3.8, 4) is 5.75 Å². The summed E-state index contributed by atoms with van der Waals surface area (Å²) < 4.78 is 6.00. The maximum absolute atomic E-state index is 12.5. The van der Waals surface area contributed by atoms with Crippen LogP contribution in [0.1, 0.15) is 46.5 Å². The van der Waals surface area contributed by atoms with Gasteiger partial charge in [0.05, 0.1) is 12.2 Å². The summed E-state index contributed by atoms with van der Waals surface area (Å²) in [6.45, 7) is 1.88. The van der Waals surface area contributed by atoms with Crippen molar-refractivity contribution < 1.29 is 14.3 Å². The SMILES string of the molecule is O=C(NC1CC1)c1ccccc1OCC1CCCN(C(=O)c2ccn[nH]2)C1. The van der Waals surface area contributed by atoms with E-state index < -0.39 is 0 Å². The molecule has 1 saturated heterocycles. The first-order chi connectivity index (χ1) is 13.2. The maximum Gasteiger partial charge on any atom is 0.271 e. The van der Waals surface area contributed by atoms with Crippen LogP contribution >= 0.6 is 0 Å². The number of likely N-dealkylation sites (tertiary alicyclic amines) is 1. The Kier molecular flexibility index (Phi) is 5.09. The first kappa shape index (κ1) is 17.6. The Labute approximate surface area is 158 Å². The van der Waals surface area contributed by atoms with Crippen molar-refractivity contribution in [2.45, 2.75) is 31.7 Å². The highest BCUT2D eigenvalue weighted by Gasteiger charge is 2.27. The number of nitrogens with one attached hydrogen (secondary N) is 2. The van der Waals surface area contributed by atoms with Gasteiger partial charge in [-0.2, -0.15) is 5.10 Å². The number of carbonyl (C=O) groups is 2. The minimum absolute atomic E-state index is 0.0265. The van der Waals surface area contributed by atoms with Gasteiger partial charge in [0, 0.05) is 31.2 Å². The normalized spacial score (nSPS) is 19.6. The van der Waals surface area contributed by atoms with Crippen LogP contribution in [0.3, 0.4) is 0 Å². The Morgan fingerprint density at radius 3 is 2.85 bits per heavy atom. The summed E-state index contributed by atoms with van der Waals surface area (Å²) >= 11 is 0. The third-order valence-corrected chi connectivity index (χ3v) is 5.06. The highest BCUT2D eigenvalue weighted by molar-refractivity contribution is 5.97. The summed E-state index contributed by atoms with van der Waals surface area (Å²) in [5, 5.41) is 9.58. The largest absolute Gasteiger partial charge is 0.492 e. The van der Waals surface area contributed by atoms with Crippen LogP contribution in [0.15, 0.2) is 36.5 Å². The van der Waals surface area contributed by atoms with Gasteiger partial charge in [0.2, 0.25) is 0 Å². The molecular formula is C20H24N4O3. The number of hydrogen-bond acceptors (Lipinski definition) is 4. The highest BCUT2D eigenvalue weighted by atomic mass is 16.5. The molecule has 7 heteroatoms. The molecule has 1 aromatic heterocycles. The smallest absolute Gasteiger partial charge is 0.271 e. The van der Waals surface area contributed by atoms with Crippen molar-refractivity contribution in [3.05, 3.63) is 47.8 Å². The van der Waals surface area contributed by atoms with Gasteiger partial charge in [-0.3, -0.25) is 14.7 Å². The summed E-state index contributed by atoms with van der Waals surface area (Å²) in [5.74, 6) is 0.743. The van der Waals surface area contributed by atoms with E-state index in [0.29, 0.717) is 36.2 Å². The quantitative estimate of drug-likeness (QED) is 0.819. The summed E-state index contributed by atoms with van der Waals surface area (Å²) in [5.41, 5.74) is 1.09. The van der Waals surface area contributed by atoms with Crippen molar-refractivity contribution in [2.75, 3.05) is 19.7 Å². The standard InChI is InChI=1S/C20H24N4O3/c25-19(22-15-7-8-15)16-5-1-2-6-18(16)27-13-14-4-3-11-24(12-14)20(26)17-9-10-21-23-17/h1-2,5-6,9-10,14-15H,3-4,7-8,11-13H2,(H,21,23)(H,22,25). The van der Waals surface area contributed by atoms with E-state index in [9.17, 15) is 9.59 Å². The Balaban J connectivity index is 1.36. The number of para-hydroxylation sites is 1. The number of aromatic amines is 1. The lowest BCUT2D eigenvalue weighted by Gasteiger charge is -2.32. The fourth-order valence-electron chi connectivity index (χ4n) is 3.41. The Hall–Kier alpha value is -2.83. The number of aromatic nitrogens is 2. The molecule has 1 aromatic carbocycles. The van der Waals surface area contributed by atoms with E-state index in [-0.39, 0.29) is 17.7 Å². The molecule has 2 N–H and O–H groups in total. The van der Waals surface area contributed by atoms with Gasteiger partial charge in [-0.25, -0.2) is 0 Å². The number of amides is 2. The second-order valence-corrected chi connectivity index (χ2v) is 7.28. The zero-order valence-corrected chi connectivity index (χ0v) is 15.2. The van der Waals surface area contributed by atoms with Gasteiger partial charge < -0.3 is 15.0 Å². The molecule has 1 unspecified atom stereocenters. The zero-order valence-electron chi connectivity index (χ0n) is 15.2. The number of nitrogens with zero attached hydrogens (tertiary/aromatic N) is 2. The maximum atomic E-state index is 12.5. The third-order valence-electron chi connectivity index (χ3n) is 5.06. The molecule has 1 saturated carbocycles. The number of rotatable bonds is 6. The van der Waals surface area contributed by atoms with E-state index in [1.165, 1.54) is 0 Å². The monoisotopic (exact) mass is 368 g/mol. The van der Waals surface area contributed by atoms with E-state index in [1.807, 2.05) is 23.1 Å². The summed E-state index contributed by atoms with van der Waals surface area (Å²) in [6, 6.07) is 9.35. The van der Waals surface area contributed by atoms with E-state index in [0.717, 1.165) is 32.2 Å². The molecule has 1 aliphatic carbocycles. The topological polar surface area (TPSA) is 87.3 Å². The molecule has 27 heavy (non-hydrogen) atoms. The van der Waals surface area contributed by atoms with Gasteiger partial charge in [0.15, 0.2) is 0 Å². The first-order valence-electron chi connectivity index (χ1n) is 9.52. The van der Waals surface area contributed by atoms with E-state index in [4.69, 9.17) is 4.74 Å². The fraction of sp³-hybridized carbons (Fsp3) is 0.450. The van der Waals surface area contributed by atoms with Gasteiger partial charge in [-0.1, -0.05) is 12.1 Å². The molecule has 0 spiro atoms. The predicted molar refractivity (Wildman–Crippen MR) is 99.6 cm³/mol. The molecule has 2 aromatic rings. The number of carbonyl (C=O) groups excluding carboxylic acids is 2. The predicted octanol–water partition coefficient (Wildman–Crippen LogP) is 2.23. The number of H-pyrrole nitrogens is 1. The van der Waals surface area contributed by atoms with Crippen LogP contribution in [0, 0.1) is 5.92 Å². The van der Waals surface area contributed by atoms with E-state index in [2.05, 4.69) is 15.5 Å². The number of piperidine rings is 1. The average molecular weight is 368 g/mol. The molecule has 1 atom stereocenters. The molecule has 0 radical (unpaired) electrons. The van der Waals surface area contributed by atoms with Crippen molar-refractivity contribution in [3.63, 3.8) is 0 Å². The third kappa shape index (κ3) is 4.30. The van der Waals surface area contributed by atoms with Crippen LogP contribution < -0.4 is 10.1 Å². The number of hydrogen-bond donors (Lipinski definition) is 2. The zero-order chi connectivity index (χ0) is 18.6. The Morgan fingerprint density at radius 2 is 2.07 bits per heavy atom. The van der Waals surface area contributed by atoms with E-state index in [1.54, 1.807) is 18.3 Å². The fourth-order valence-corrected chi connectivity index (χ4v) is 3.41. The second kappa shape index (κ2) is 7.82. The summed E-state index contributed by atoms with van der Waals surface area (Å²) in [4.78, 5) is 26.7. The van der Waals surface area contributed by atoms with Crippen LogP contribution in [0.5, 0.6) is 5.75 Å². The lowest BCUT2D eigenvalue weighted by atomic mass is 9.98. The average Bonchev–Trinajstić information content (AvgIpc) is 3.34. The molecule has 7 nitrogen and oxygen atoms in total. The minimum Gasteiger partial charge on any atom is -0.492 e. The second-order valence-electron chi connectivity index (χ2n) is 7.28. The molecule has 142 valence electrons. The molecule has 2 aliphatic rings. The molecule has 2 fully saturated rings. The van der Waals surface area contributed by atoms with Crippen molar-refractivity contribution in [1.29, 1.82) is 0 Å². The van der Waals surface area contributed by atoms with Crippen molar-refractivity contribution in [1.82, 2.24) is 20.4 Å². The summed E-state index contributed by atoms with van der Waals surface area (Å²) in [6.07, 6.45) is 5.64. The Bertz CT molecular complexity index is 801. The van der Waals surface area contributed by atoms with Crippen LogP contribution in [0.4, 0.5) is 0 Å². The van der Waals surface area contributed by atoms with Crippen LogP contribution in [-0.2, 0) is 0 Å². The summed E-state index contributed by atoms with van der Waals surface area (Å²) in [7, 11) is 0. The lowest BCUT2D eigenvalue weighted by Crippen LogP contribution is -2.41. The minimum atomic E-state index is -0.0761. The van der Waals surface area contributed by atoms with Crippen molar-refractivity contribution in [2.24, 2.45) is 5.92 Å².